The van der Waals surface area contributed by atoms with Gasteiger partial charge in [-0.3, -0.25) is 0 Å². The molecule has 112 valence electrons. The molecule has 0 aliphatic carbocycles. The minimum atomic E-state index is -2.18. The summed E-state index contributed by atoms with van der Waals surface area (Å²) in [6.07, 6.45) is 0. The van der Waals surface area contributed by atoms with Gasteiger partial charge in [-0.2, -0.15) is 0 Å². The first kappa shape index (κ1) is 14.3. The first-order valence-corrected chi connectivity index (χ1v) is 8.69. The molecule has 0 atom stereocenters. The molecule has 0 heterocycles. The van der Waals surface area contributed by atoms with Gasteiger partial charge in [-0.05, 0) is 32.7 Å². The van der Waals surface area contributed by atoms with Gasteiger partial charge in [0.25, 0.3) is 0 Å². The van der Waals surface area contributed by atoms with Crippen LogP contribution in [0.5, 0.6) is 0 Å². The van der Waals surface area contributed by atoms with E-state index in [0.29, 0.717) is 5.30 Å². The van der Waals surface area contributed by atoms with Crippen LogP contribution in [-0.2, 0) is 0 Å². The fourth-order valence-electron chi connectivity index (χ4n) is 3.24. The molecule has 0 amide bonds. The molecule has 0 fully saturated rings. The van der Waals surface area contributed by atoms with Gasteiger partial charge in [0.1, 0.15) is 0 Å². The van der Waals surface area contributed by atoms with Crippen LogP contribution in [0.2, 0.25) is 0 Å². The van der Waals surface area contributed by atoms with Crippen LogP contribution in [-0.4, -0.2) is 9.79 Å². The van der Waals surface area contributed by atoms with Gasteiger partial charge in [-0.15, -0.1) is 0 Å². The minimum Gasteiger partial charge on any atom is -0.347 e. The average Bonchev–Trinajstić information content (AvgIpc) is 2.59. The van der Waals surface area contributed by atoms with E-state index in [-0.39, 0.29) is 0 Å². The first-order chi connectivity index (χ1) is 11.3. The van der Waals surface area contributed by atoms with Crippen LogP contribution in [0.4, 0.5) is 0 Å². The molecule has 23 heavy (non-hydrogen) atoms. The van der Waals surface area contributed by atoms with Crippen molar-refractivity contribution in [2.45, 2.75) is 0 Å². The molecule has 0 radical (unpaired) electrons. The molecule has 0 aromatic heterocycles. The van der Waals surface area contributed by atoms with Gasteiger partial charge in [0.05, 0.1) is 0 Å². The molecular weight excluding hydrogens is 303 g/mol. The van der Waals surface area contributed by atoms with Crippen molar-refractivity contribution < 1.29 is 9.79 Å². The van der Waals surface area contributed by atoms with Crippen LogP contribution in [0.1, 0.15) is 0 Å². The molecule has 3 heteroatoms. The molecule has 0 aliphatic rings. The second-order valence-corrected chi connectivity index (χ2v) is 6.50. The molecule has 0 saturated carbocycles. The fourth-order valence-corrected chi connectivity index (χ4v) is 4.06. The molecule has 2 N–H and O–H groups in total. The molecule has 2 nitrogen and oxygen atoms in total. The molecule has 0 bridgehead atoms. The Morgan fingerprint density at radius 3 is 1.43 bits per heavy atom. The van der Waals surface area contributed by atoms with Gasteiger partial charge >= 0.3 is 0 Å². The lowest BCUT2D eigenvalue weighted by atomic mass is 9.92. The Bertz CT molecular complexity index is 937. The second-order valence-electron chi connectivity index (χ2n) is 5.47. The highest BCUT2D eigenvalue weighted by Crippen LogP contribution is 2.40. The number of hydrogen-bond acceptors (Lipinski definition) is 2. The monoisotopic (exact) mass is 318 g/mol. The van der Waals surface area contributed by atoms with E-state index in [1.54, 1.807) is 0 Å². The fraction of sp³-hybridized carbons (Fsp3) is 0. The highest BCUT2D eigenvalue weighted by Gasteiger charge is 2.18. The van der Waals surface area contributed by atoms with E-state index in [0.717, 1.165) is 32.7 Å². The maximum absolute atomic E-state index is 10.0. The van der Waals surface area contributed by atoms with Crippen LogP contribution < -0.4 is 5.30 Å². The summed E-state index contributed by atoms with van der Waals surface area (Å²) in [5.74, 6) is 0. The highest BCUT2D eigenvalue weighted by atomic mass is 31.2. The summed E-state index contributed by atoms with van der Waals surface area (Å²) in [5, 5.41) is 4.53. The van der Waals surface area contributed by atoms with Gasteiger partial charge in [-0.25, -0.2) is 0 Å². The molecule has 0 unspecified atom stereocenters. The van der Waals surface area contributed by atoms with E-state index in [2.05, 4.69) is 12.1 Å². The maximum Gasteiger partial charge on any atom is 0.200 e. The van der Waals surface area contributed by atoms with E-state index < -0.39 is 8.38 Å². The Balaban J connectivity index is 2.27. The van der Waals surface area contributed by atoms with Crippen LogP contribution >= 0.6 is 8.38 Å². The second kappa shape index (κ2) is 5.75. The number of hydrogen-bond donors (Lipinski definition) is 2. The quantitative estimate of drug-likeness (QED) is 0.419. The van der Waals surface area contributed by atoms with Gasteiger partial charge in [0.2, 0.25) is 8.38 Å². The zero-order valence-electron chi connectivity index (χ0n) is 12.3. The van der Waals surface area contributed by atoms with E-state index in [4.69, 9.17) is 0 Å². The molecule has 4 rings (SSSR count). The van der Waals surface area contributed by atoms with E-state index in [9.17, 15) is 9.79 Å². The van der Waals surface area contributed by atoms with Crippen LogP contribution in [0, 0.1) is 0 Å². The molecular formula is C20H15O2P. The van der Waals surface area contributed by atoms with Gasteiger partial charge in [-0.1, -0.05) is 78.9 Å². The Kier molecular flexibility index (Phi) is 3.59. The van der Waals surface area contributed by atoms with Crippen LogP contribution in [0.3, 0.4) is 0 Å². The smallest absolute Gasteiger partial charge is 0.200 e. The molecule has 0 spiro atoms. The third-order valence-electron chi connectivity index (χ3n) is 4.17. The summed E-state index contributed by atoms with van der Waals surface area (Å²) in [7, 11) is -2.18. The van der Waals surface area contributed by atoms with Crippen molar-refractivity contribution in [3.05, 3.63) is 78.9 Å². The third-order valence-corrected chi connectivity index (χ3v) is 5.05. The summed E-state index contributed by atoms with van der Waals surface area (Å²) in [6, 6.07) is 26.1. The SMILES string of the molecule is OP(O)c1c2ccccc2c(-c2ccccc2)c2ccccc12. The standard InChI is InChI=1S/C20H15O2P/c21-23(22)20-17-12-6-4-10-15(17)19(14-8-2-1-3-9-14)16-11-5-7-13-18(16)20/h1-13,21-22H. The molecule has 4 aromatic rings. The lowest BCUT2D eigenvalue weighted by Crippen LogP contribution is -2.05. The zero-order chi connectivity index (χ0) is 15.8. The third kappa shape index (κ3) is 2.32. The summed E-state index contributed by atoms with van der Waals surface area (Å²) in [5.41, 5.74) is 2.27. The van der Waals surface area contributed by atoms with Crippen molar-refractivity contribution in [3.63, 3.8) is 0 Å². The Hall–Kier alpha value is -2.25. The maximum atomic E-state index is 10.0. The Morgan fingerprint density at radius 1 is 0.522 bits per heavy atom. The Labute approximate surface area is 135 Å². The Morgan fingerprint density at radius 2 is 0.957 bits per heavy atom. The average molecular weight is 318 g/mol. The largest absolute Gasteiger partial charge is 0.347 e. The van der Waals surface area contributed by atoms with Crippen molar-refractivity contribution in [2.24, 2.45) is 0 Å². The van der Waals surface area contributed by atoms with Crippen LogP contribution in [0.25, 0.3) is 32.7 Å². The molecule has 4 aromatic carbocycles. The molecule has 0 aliphatic heterocycles. The van der Waals surface area contributed by atoms with Crippen molar-refractivity contribution >= 4 is 35.2 Å². The minimum absolute atomic E-state index is 0.630. The number of rotatable bonds is 2. The van der Waals surface area contributed by atoms with Gasteiger partial charge < -0.3 is 9.79 Å². The van der Waals surface area contributed by atoms with Crippen molar-refractivity contribution in [1.82, 2.24) is 0 Å². The zero-order valence-corrected chi connectivity index (χ0v) is 13.2. The van der Waals surface area contributed by atoms with E-state index >= 15 is 0 Å². The van der Waals surface area contributed by atoms with Crippen molar-refractivity contribution in [3.8, 4) is 11.1 Å². The van der Waals surface area contributed by atoms with Gasteiger partial charge in [0.15, 0.2) is 0 Å². The topological polar surface area (TPSA) is 40.5 Å². The molecule has 0 saturated heterocycles. The normalized spacial score (nSPS) is 11.4. The highest BCUT2D eigenvalue weighted by molar-refractivity contribution is 7.55. The summed E-state index contributed by atoms with van der Waals surface area (Å²) in [4.78, 5) is 20.0. The predicted octanol–water partition coefficient (Wildman–Crippen LogP) is 4.58. The lowest BCUT2D eigenvalue weighted by Gasteiger charge is -2.17. The number of fused-ring (bicyclic) bond motifs is 2. The van der Waals surface area contributed by atoms with E-state index in [1.165, 1.54) is 0 Å². The first-order valence-electron chi connectivity index (χ1n) is 7.44. The summed E-state index contributed by atoms with van der Waals surface area (Å²) in [6.45, 7) is 0. The summed E-state index contributed by atoms with van der Waals surface area (Å²) < 4.78 is 0. The number of benzene rings is 4. The van der Waals surface area contributed by atoms with Crippen molar-refractivity contribution in [2.75, 3.05) is 0 Å². The van der Waals surface area contributed by atoms with E-state index in [1.807, 2.05) is 66.7 Å². The van der Waals surface area contributed by atoms with Crippen LogP contribution in [0.15, 0.2) is 78.9 Å². The summed E-state index contributed by atoms with van der Waals surface area (Å²) >= 11 is 0. The van der Waals surface area contributed by atoms with Crippen molar-refractivity contribution in [1.29, 1.82) is 0 Å². The predicted molar refractivity (Wildman–Crippen MR) is 97.9 cm³/mol. The lowest BCUT2D eigenvalue weighted by molar-refractivity contribution is 0.497. The van der Waals surface area contributed by atoms with Gasteiger partial charge in [0, 0.05) is 5.30 Å².